The summed E-state index contributed by atoms with van der Waals surface area (Å²) < 4.78 is 58.5. The summed E-state index contributed by atoms with van der Waals surface area (Å²) in [5, 5.41) is 4.82. The molecule has 6 N–H and O–H groups in total. The fourth-order valence-corrected chi connectivity index (χ4v) is 10.5. The largest absolute Gasteiger partial charge is 0.404 e. The van der Waals surface area contributed by atoms with Crippen molar-refractivity contribution in [1.82, 2.24) is 34.6 Å². The lowest BCUT2D eigenvalue weighted by Gasteiger charge is -2.42. The van der Waals surface area contributed by atoms with E-state index in [4.69, 9.17) is 20.9 Å². The predicted molar refractivity (Wildman–Crippen MR) is 234 cm³/mol. The van der Waals surface area contributed by atoms with Crippen LogP contribution in [0.2, 0.25) is 0 Å². The van der Waals surface area contributed by atoms with E-state index < -0.39 is 42.3 Å². The number of aromatic nitrogens is 4. The first-order valence-corrected chi connectivity index (χ1v) is 22.7. The number of carbonyl (C=O) groups excluding carboxylic acids is 3. The van der Waals surface area contributed by atoms with Crippen LogP contribution in [0, 0.1) is 5.92 Å². The number of halogens is 3. The topological polar surface area (TPSA) is 217 Å². The summed E-state index contributed by atoms with van der Waals surface area (Å²) in [5.74, 6) is -0.520. The third-order valence-corrected chi connectivity index (χ3v) is 14.2. The fourth-order valence-electron chi connectivity index (χ4n) is 10.5. The zero-order valence-electron chi connectivity index (χ0n) is 36.3. The number of benzene rings is 1. The van der Waals surface area contributed by atoms with Crippen molar-refractivity contribution in [3.63, 3.8) is 0 Å². The van der Waals surface area contributed by atoms with E-state index in [-0.39, 0.29) is 78.3 Å². The Labute approximate surface area is 373 Å². The van der Waals surface area contributed by atoms with Crippen molar-refractivity contribution in [3.8, 4) is 0 Å². The highest BCUT2D eigenvalue weighted by Gasteiger charge is 2.41. The van der Waals surface area contributed by atoms with Crippen molar-refractivity contribution in [1.29, 1.82) is 0 Å². The number of aryl methyl sites for hydroxylation is 1. The van der Waals surface area contributed by atoms with Crippen LogP contribution in [0.25, 0.3) is 16.6 Å². The van der Waals surface area contributed by atoms with Crippen molar-refractivity contribution in [2.75, 3.05) is 37.7 Å². The first kappa shape index (κ1) is 44.6. The molecule has 4 saturated heterocycles. The Morgan fingerprint density at radius 3 is 2.58 bits per heavy atom. The Morgan fingerprint density at radius 1 is 1.09 bits per heavy atom. The number of rotatable bonds is 13. The number of nitrogens with one attached hydrogen (secondary N) is 2. The molecule has 9 rings (SSSR count). The number of amides is 3. The number of hydrogen-bond acceptors (Lipinski definition) is 13. The number of morpholine rings is 1. The Kier molecular flexibility index (Phi) is 12.8. The summed E-state index contributed by atoms with van der Waals surface area (Å²) in [7, 11) is 1.69. The van der Waals surface area contributed by atoms with Crippen LogP contribution in [0.1, 0.15) is 87.6 Å². The second kappa shape index (κ2) is 18.7. The summed E-state index contributed by atoms with van der Waals surface area (Å²) in [6, 6.07) is 6.69. The molecular weight excluding hydrogens is 848 g/mol. The average Bonchev–Trinajstić information content (AvgIpc) is 3.99. The third kappa shape index (κ3) is 9.16. The van der Waals surface area contributed by atoms with Gasteiger partial charge in [0.2, 0.25) is 11.8 Å². The molecule has 0 radical (unpaired) electrons. The minimum Gasteiger partial charge on any atom is -0.404 e. The van der Waals surface area contributed by atoms with Gasteiger partial charge in [0.05, 0.1) is 59.3 Å². The second-order valence-corrected chi connectivity index (χ2v) is 18.3. The lowest BCUT2D eigenvalue weighted by molar-refractivity contribution is -0.135. The minimum atomic E-state index is -3.04. The number of piperidine rings is 2. The monoisotopic (exact) mass is 903 g/mol. The van der Waals surface area contributed by atoms with Gasteiger partial charge in [0.1, 0.15) is 23.7 Å². The maximum atomic E-state index is 15.7. The van der Waals surface area contributed by atoms with E-state index in [2.05, 4.69) is 35.4 Å². The lowest BCUT2D eigenvalue weighted by Crippen LogP contribution is -2.49. The molecule has 2 aliphatic carbocycles. The van der Waals surface area contributed by atoms with Gasteiger partial charge in [-0.05, 0) is 87.3 Å². The molecule has 2 aromatic heterocycles. The number of anilines is 1. The van der Waals surface area contributed by atoms with E-state index in [0.29, 0.717) is 69.1 Å². The SMILES string of the molecule is Cn1c(=O)n(C2CCC(=O)NC2=O)c2cccc(C3CC(O[C@H]4CCN(CC5CCC(N=C/C(NC(=O)/C(=C/N)c6nccc(N7C[C@H]8C[C@@H]7CO8)n6)=C(\N)C(F)F)CC5)C[C@@H]4F)C3)c21. The molecule has 3 amide bonds. The van der Waals surface area contributed by atoms with Crippen LogP contribution in [0.4, 0.5) is 19.0 Å². The Morgan fingerprint density at radius 2 is 1.89 bits per heavy atom. The number of nitrogens with zero attached hydrogens (tertiary/aromatic N) is 7. The molecule has 6 heterocycles. The molecule has 20 heteroatoms. The highest BCUT2D eigenvalue weighted by molar-refractivity contribution is 6.19. The van der Waals surface area contributed by atoms with Gasteiger partial charge in [0, 0.05) is 58.3 Å². The molecule has 65 heavy (non-hydrogen) atoms. The minimum absolute atomic E-state index is 0.0444. The van der Waals surface area contributed by atoms with Gasteiger partial charge in [0.25, 0.3) is 12.3 Å². The van der Waals surface area contributed by atoms with E-state index in [1.165, 1.54) is 17.0 Å². The van der Waals surface area contributed by atoms with Crippen molar-refractivity contribution in [3.05, 3.63) is 69.9 Å². The number of carbonyl (C=O) groups is 3. The number of alkyl halides is 3. The maximum Gasteiger partial charge on any atom is 0.329 e. The van der Waals surface area contributed by atoms with Gasteiger partial charge in [-0.15, -0.1) is 0 Å². The normalized spacial score (nSPS) is 30.3. The molecule has 0 spiro atoms. The molecule has 2 saturated carbocycles. The Balaban J connectivity index is 0.736. The van der Waals surface area contributed by atoms with Crippen molar-refractivity contribution in [2.24, 2.45) is 29.4 Å². The van der Waals surface area contributed by atoms with Gasteiger partial charge in [-0.25, -0.2) is 27.9 Å². The number of ether oxygens (including phenoxy) is 2. The molecule has 6 aliphatic rings. The highest BCUT2D eigenvalue weighted by atomic mass is 19.3. The van der Waals surface area contributed by atoms with Crippen LogP contribution < -0.4 is 32.7 Å². The zero-order valence-corrected chi connectivity index (χ0v) is 36.3. The number of allylic oxidation sites excluding steroid dienone is 2. The summed E-state index contributed by atoms with van der Waals surface area (Å²) in [6.45, 7) is 2.98. The number of para-hydroxylation sites is 1. The van der Waals surface area contributed by atoms with Crippen LogP contribution in [0.15, 0.2) is 57.8 Å². The van der Waals surface area contributed by atoms with Crippen molar-refractivity contribution < 1.29 is 37.0 Å². The molecule has 6 fully saturated rings. The summed E-state index contributed by atoms with van der Waals surface area (Å²) in [6.07, 6.45) is 5.40. The predicted octanol–water partition coefficient (Wildman–Crippen LogP) is 2.94. The molecule has 1 unspecified atom stereocenters. The quantitative estimate of drug-likeness (QED) is 0.111. The first-order valence-electron chi connectivity index (χ1n) is 22.7. The third-order valence-electron chi connectivity index (χ3n) is 14.2. The molecule has 4 aliphatic heterocycles. The number of likely N-dealkylation sites (tertiary alicyclic amines) is 1. The summed E-state index contributed by atoms with van der Waals surface area (Å²) >= 11 is 0. The molecule has 5 atom stereocenters. The smallest absolute Gasteiger partial charge is 0.329 e. The van der Waals surface area contributed by atoms with E-state index in [9.17, 15) is 28.0 Å². The van der Waals surface area contributed by atoms with Gasteiger partial charge in [-0.1, -0.05) is 12.1 Å². The molecular formula is C45H56F3N11O6. The average molecular weight is 904 g/mol. The van der Waals surface area contributed by atoms with E-state index in [0.717, 1.165) is 43.1 Å². The molecule has 3 aromatic rings. The van der Waals surface area contributed by atoms with E-state index in [1.807, 2.05) is 18.2 Å². The van der Waals surface area contributed by atoms with Gasteiger partial charge in [-0.3, -0.25) is 38.7 Å². The standard InChI is InChI=1S/C45H56F3N11O6/c1-56-40-30(3-2-4-34(40)59(45(56)63)35-9-10-38(60)55-44(35)62)25-15-28(16-25)65-36-12-14-57(22-32(36)46)20-24-5-7-26(8-6-24)52-19-33(39(50)41(47)48)53-43(61)31(18-49)42-51-13-11-37(54-42)58-21-29-17-27(58)23-64-29/h2-4,11,13,18-19,24-29,32,35-36,41H,5-10,12,14-17,20-23,49-50H2,1H3,(H,53,61)(H,55,60,62)/b31-18+,39-33+,52-19?/t24?,25?,26?,27-,28?,29-,32+,35?,36+/m1/s1. The summed E-state index contributed by atoms with van der Waals surface area (Å²) in [5.41, 5.74) is 12.4. The number of hydrogen-bond donors (Lipinski definition) is 4. The van der Waals surface area contributed by atoms with Crippen LogP contribution in [-0.2, 0) is 30.9 Å². The van der Waals surface area contributed by atoms with Gasteiger partial charge in [0.15, 0.2) is 5.82 Å². The fraction of sp³-hybridized carbons (Fsp3) is 0.578. The zero-order chi connectivity index (χ0) is 45.5. The first-order chi connectivity index (χ1) is 31.3. The molecule has 2 bridgehead atoms. The van der Waals surface area contributed by atoms with Gasteiger partial charge >= 0.3 is 5.69 Å². The van der Waals surface area contributed by atoms with Crippen LogP contribution >= 0.6 is 0 Å². The summed E-state index contributed by atoms with van der Waals surface area (Å²) in [4.78, 5) is 68.8. The number of imidazole rings is 1. The van der Waals surface area contributed by atoms with Gasteiger partial charge < -0.3 is 31.2 Å². The Hall–Kier alpha value is -5.60. The van der Waals surface area contributed by atoms with Crippen LogP contribution in [0.5, 0.6) is 0 Å². The maximum absolute atomic E-state index is 15.7. The van der Waals surface area contributed by atoms with E-state index >= 15 is 4.39 Å². The van der Waals surface area contributed by atoms with Crippen molar-refractivity contribution in [2.45, 2.75) is 119 Å². The Bertz CT molecular complexity index is 2460. The molecule has 17 nitrogen and oxygen atoms in total. The number of fused-ring (bicyclic) bond motifs is 3. The van der Waals surface area contributed by atoms with Crippen LogP contribution in [0.3, 0.4) is 0 Å². The lowest BCUT2D eigenvalue weighted by atomic mass is 9.76. The van der Waals surface area contributed by atoms with Crippen molar-refractivity contribution >= 4 is 46.4 Å². The molecule has 348 valence electrons. The second-order valence-electron chi connectivity index (χ2n) is 18.3. The number of nitrogens with two attached hydrogens (primary N) is 2. The number of aliphatic imine (C=N–C) groups is 1. The highest BCUT2D eigenvalue weighted by Crippen LogP contribution is 2.43. The molecule has 1 aromatic carbocycles. The van der Waals surface area contributed by atoms with Gasteiger partial charge in [-0.2, -0.15) is 0 Å². The number of imide groups is 1. The van der Waals surface area contributed by atoms with E-state index in [1.54, 1.807) is 17.7 Å². The van der Waals surface area contributed by atoms with Crippen LogP contribution in [-0.4, -0.2) is 124 Å².